The number of nitrogens with one attached hydrogen (secondary N) is 3. The number of benzene rings is 2. The minimum atomic E-state index is -3.67. The molecule has 0 aliphatic heterocycles. The highest BCUT2D eigenvalue weighted by Crippen LogP contribution is 2.27. The first kappa shape index (κ1) is 26.2. The molecule has 2 heterocycles. The Morgan fingerprint density at radius 3 is 2.56 bits per heavy atom. The average molecular weight is 550 g/mol. The molecule has 4 N–H and O–H groups in total. The molecule has 0 spiro atoms. The first-order valence-corrected chi connectivity index (χ1v) is 15.3. The molecule has 0 aliphatic carbocycles. The second-order valence-electron chi connectivity index (χ2n) is 8.49. The molecule has 0 saturated heterocycles. The molecule has 4 aromatic rings. The van der Waals surface area contributed by atoms with Gasteiger partial charge >= 0.3 is 10.1 Å². The molecule has 0 fully saturated rings. The number of hydrogen-bond acceptors (Lipinski definition) is 8. The number of thiophene rings is 1. The molecule has 0 amide bonds. The predicted molar refractivity (Wildman–Crippen MR) is 141 cm³/mol. The number of aliphatic hydroxyl groups is 1. The lowest BCUT2D eigenvalue weighted by Crippen LogP contribution is -2.32. The van der Waals surface area contributed by atoms with E-state index in [0.717, 1.165) is 28.7 Å². The van der Waals surface area contributed by atoms with Gasteiger partial charge in [-0.1, -0.05) is 30.3 Å². The Hall–Kier alpha value is -2.90. The fraction of sp³-hybridized carbons (Fsp3) is 0.250. The van der Waals surface area contributed by atoms with Crippen LogP contribution < -0.4 is 14.2 Å². The lowest BCUT2D eigenvalue weighted by molar-refractivity contribution is 0.170. The molecular weight excluding hydrogens is 522 g/mol. The summed E-state index contributed by atoms with van der Waals surface area (Å²) in [6.07, 6.45) is 0.748. The highest BCUT2D eigenvalue weighted by molar-refractivity contribution is 7.94. The van der Waals surface area contributed by atoms with Crippen LogP contribution in [0.5, 0.6) is 5.75 Å². The van der Waals surface area contributed by atoms with Gasteiger partial charge in [-0.25, -0.2) is 8.42 Å². The molecule has 0 unspecified atom stereocenters. The monoisotopic (exact) mass is 549 g/mol. The van der Waals surface area contributed by atoms with Gasteiger partial charge in [-0.05, 0) is 48.2 Å². The number of rotatable bonds is 11. The molecule has 0 saturated carbocycles. The fourth-order valence-corrected chi connectivity index (χ4v) is 6.30. The molecule has 2 aromatic heterocycles. The lowest BCUT2D eigenvalue weighted by atomic mass is 10.1. The molecule has 0 bridgehead atoms. The second kappa shape index (κ2) is 10.6. The van der Waals surface area contributed by atoms with Crippen LogP contribution in [0.2, 0.25) is 0 Å². The second-order valence-corrected chi connectivity index (χ2v) is 12.9. The average Bonchev–Trinajstić information content (AvgIpc) is 3.47. The van der Waals surface area contributed by atoms with Gasteiger partial charge in [0.25, 0.3) is 10.0 Å². The summed E-state index contributed by atoms with van der Waals surface area (Å²) in [6, 6.07) is 17.0. The highest BCUT2D eigenvalue weighted by atomic mass is 32.2. The van der Waals surface area contributed by atoms with Crippen LogP contribution in [-0.4, -0.2) is 45.8 Å². The number of aromatic amines is 1. The van der Waals surface area contributed by atoms with Crippen molar-refractivity contribution < 1.29 is 26.1 Å². The first-order valence-electron chi connectivity index (χ1n) is 11.1. The minimum absolute atomic E-state index is 0.0208. The molecule has 2 aromatic carbocycles. The van der Waals surface area contributed by atoms with Crippen molar-refractivity contribution in [1.29, 1.82) is 0 Å². The van der Waals surface area contributed by atoms with Crippen LogP contribution in [0.25, 0.3) is 10.9 Å². The van der Waals surface area contributed by atoms with Crippen LogP contribution in [0, 0.1) is 0 Å². The normalized spacial score (nSPS) is 14.0. The molecule has 12 heteroatoms. The number of aromatic nitrogens is 1. The Bertz CT molecular complexity index is 1550. The third kappa shape index (κ3) is 6.65. The first-order chi connectivity index (χ1) is 17.0. The number of hydrogen-bond donors (Lipinski definition) is 4. The van der Waals surface area contributed by atoms with E-state index in [1.165, 1.54) is 6.07 Å². The van der Waals surface area contributed by atoms with Gasteiger partial charge < -0.3 is 19.6 Å². The standard InChI is InChI=1S/C24H27N3O6S3/c1-16(12-20-14-18-7-4-9-22(24(18)26-20)33-35(2,29)30)25-15-21(28)17-6-3-8-19(13-17)27-36(31,32)23-10-5-11-34-23/h3-11,13-14,16,21,25-28H,12,15H2,1-2H3/t16-,21+/m1/s1. The van der Waals surface area contributed by atoms with E-state index in [0.29, 0.717) is 23.2 Å². The Morgan fingerprint density at radius 2 is 1.83 bits per heavy atom. The Morgan fingerprint density at radius 1 is 1.06 bits per heavy atom. The summed E-state index contributed by atoms with van der Waals surface area (Å²) >= 11 is 1.13. The summed E-state index contributed by atoms with van der Waals surface area (Å²) in [5.41, 5.74) is 2.44. The topological polar surface area (TPSA) is 138 Å². The maximum atomic E-state index is 12.5. The Kier molecular flexibility index (Phi) is 7.71. The summed E-state index contributed by atoms with van der Waals surface area (Å²) in [5, 5.41) is 16.5. The van der Waals surface area contributed by atoms with Crippen molar-refractivity contribution in [2.45, 2.75) is 29.7 Å². The maximum Gasteiger partial charge on any atom is 0.306 e. The van der Waals surface area contributed by atoms with E-state index in [1.54, 1.807) is 47.8 Å². The number of aliphatic hydroxyl groups excluding tert-OH is 1. The summed E-state index contributed by atoms with van der Waals surface area (Å²) < 4.78 is 55.8. The van der Waals surface area contributed by atoms with Crippen LogP contribution in [0.4, 0.5) is 5.69 Å². The van der Waals surface area contributed by atoms with Crippen molar-refractivity contribution in [3.05, 3.63) is 77.3 Å². The fourth-order valence-electron chi connectivity index (χ4n) is 3.79. The zero-order valence-electron chi connectivity index (χ0n) is 19.6. The van der Waals surface area contributed by atoms with Crippen LogP contribution in [0.3, 0.4) is 0 Å². The summed E-state index contributed by atoms with van der Waals surface area (Å²) in [6.45, 7) is 2.22. The number of para-hydroxylation sites is 1. The summed E-state index contributed by atoms with van der Waals surface area (Å²) in [7, 11) is -7.32. The van der Waals surface area contributed by atoms with Gasteiger partial charge in [0.05, 0.1) is 17.9 Å². The van der Waals surface area contributed by atoms with Gasteiger partial charge in [0.1, 0.15) is 4.21 Å². The Balaban J connectivity index is 1.37. The smallest absolute Gasteiger partial charge is 0.306 e. The third-order valence-electron chi connectivity index (χ3n) is 5.38. The molecule has 0 aliphatic rings. The van der Waals surface area contributed by atoms with Crippen LogP contribution >= 0.6 is 11.3 Å². The molecule has 9 nitrogen and oxygen atoms in total. The van der Waals surface area contributed by atoms with Gasteiger partial charge in [0, 0.05) is 35.8 Å². The zero-order chi connectivity index (χ0) is 25.9. The highest BCUT2D eigenvalue weighted by Gasteiger charge is 2.17. The van der Waals surface area contributed by atoms with Crippen LogP contribution in [0.15, 0.2) is 70.3 Å². The molecular formula is C24H27N3O6S3. The Labute approximate surface area is 214 Å². The van der Waals surface area contributed by atoms with Crippen LogP contribution in [-0.2, 0) is 26.6 Å². The lowest BCUT2D eigenvalue weighted by Gasteiger charge is -2.18. The van der Waals surface area contributed by atoms with E-state index >= 15 is 0 Å². The predicted octanol–water partition coefficient (Wildman–Crippen LogP) is 3.62. The number of sulfonamides is 1. The molecule has 36 heavy (non-hydrogen) atoms. The zero-order valence-corrected chi connectivity index (χ0v) is 22.1. The molecule has 192 valence electrons. The van der Waals surface area contributed by atoms with Crippen molar-refractivity contribution in [2.24, 2.45) is 0 Å². The third-order valence-corrected chi connectivity index (χ3v) is 8.65. The van der Waals surface area contributed by atoms with Crippen molar-refractivity contribution in [2.75, 3.05) is 17.5 Å². The van der Waals surface area contributed by atoms with Gasteiger partial charge in [-0.3, -0.25) is 4.72 Å². The van der Waals surface area contributed by atoms with Crippen molar-refractivity contribution in [3.63, 3.8) is 0 Å². The molecule has 4 rings (SSSR count). The molecule has 2 atom stereocenters. The summed E-state index contributed by atoms with van der Waals surface area (Å²) in [4.78, 5) is 3.22. The van der Waals surface area contributed by atoms with Crippen molar-refractivity contribution in [3.8, 4) is 5.75 Å². The number of H-pyrrole nitrogens is 1. The van der Waals surface area contributed by atoms with Crippen molar-refractivity contribution >= 4 is 48.1 Å². The van der Waals surface area contributed by atoms with Gasteiger partial charge in [0.15, 0.2) is 5.75 Å². The van der Waals surface area contributed by atoms with E-state index in [1.807, 2.05) is 19.1 Å². The minimum Gasteiger partial charge on any atom is -0.387 e. The van der Waals surface area contributed by atoms with Gasteiger partial charge in [-0.2, -0.15) is 8.42 Å². The van der Waals surface area contributed by atoms with E-state index in [9.17, 15) is 21.9 Å². The van der Waals surface area contributed by atoms with Gasteiger partial charge in [0.2, 0.25) is 0 Å². The molecule has 0 radical (unpaired) electrons. The van der Waals surface area contributed by atoms with Gasteiger partial charge in [-0.15, -0.1) is 11.3 Å². The summed E-state index contributed by atoms with van der Waals surface area (Å²) in [5.74, 6) is 0.242. The van der Waals surface area contributed by atoms with E-state index in [2.05, 4.69) is 15.0 Å². The van der Waals surface area contributed by atoms with E-state index in [-0.39, 0.29) is 22.5 Å². The quantitative estimate of drug-likeness (QED) is 0.210. The van der Waals surface area contributed by atoms with E-state index < -0.39 is 26.2 Å². The number of fused-ring (bicyclic) bond motifs is 1. The number of anilines is 1. The van der Waals surface area contributed by atoms with Crippen molar-refractivity contribution in [1.82, 2.24) is 10.3 Å². The SMILES string of the molecule is C[C@H](Cc1cc2cccc(OS(C)(=O)=O)c2[nH]1)NC[C@H](O)c1cccc(NS(=O)(=O)c2cccs2)c1. The van der Waals surface area contributed by atoms with Crippen LogP contribution in [0.1, 0.15) is 24.3 Å². The van der Waals surface area contributed by atoms with E-state index in [4.69, 9.17) is 4.18 Å². The maximum absolute atomic E-state index is 12.5. The largest absolute Gasteiger partial charge is 0.387 e.